The van der Waals surface area contributed by atoms with E-state index in [9.17, 15) is 9.90 Å². The van der Waals surface area contributed by atoms with Gasteiger partial charge in [-0.3, -0.25) is 4.79 Å². The van der Waals surface area contributed by atoms with Gasteiger partial charge >= 0.3 is 0 Å². The quantitative estimate of drug-likeness (QED) is 0.528. The van der Waals surface area contributed by atoms with Crippen molar-refractivity contribution >= 4 is 11.9 Å². The van der Waals surface area contributed by atoms with Crippen LogP contribution in [0.1, 0.15) is 42.6 Å². The molecular formula is C23H24O4. The first-order valence-corrected chi connectivity index (χ1v) is 8.85. The van der Waals surface area contributed by atoms with Crippen molar-refractivity contribution < 1.29 is 19.4 Å². The number of methoxy groups -OCH3 is 1. The highest BCUT2D eigenvalue weighted by Crippen LogP contribution is 2.52. The molecule has 2 aromatic rings. The second-order valence-corrected chi connectivity index (χ2v) is 6.93. The molecule has 4 nitrogen and oxygen atoms in total. The zero-order valence-electron chi connectivity index (χ0n) is 16.0. The Morgan fingerprint density at radius 1 is 1.19 bits per heavy atom. The molecular weight excluding hydrogens is 340 g/mol. The topological polar surface area (TPSA) is 55.8 Å². The molecule has 4 heteroatoms. The molecule has 0 radical (unpaired) electrons. The average Bonchev–Trinajstić information content (AvgIpc) is 3.42. The highest BCUT2D eigenvalue weighted by atomic mass is 16.5. The van der Waals surface area contributed by atoms with Crippen molar-refractivity contribution in [2.45, 2.75) is 32.3 Å². The van der Waals surface area contributed by atoms with Gasteiger partial charge in [0.05, 0.1) is 7.11 Å². The molecule has 1 N–H and O–H groups in total. The highest BCUT2D eigenvalue weighted by Gasteiger charge is 2.47. The predicted molar refractivity (Wildman–Crippen MR) is 108 cm³/mol. The van der Waals surface area contributed by atoms with Crippen LogP contribution in [0.25, 0.3) is 17.2 Å². The summed E-state index contributed by atoms with van der Waals surface area (Å²) in [6.45, 7) is 11.3. The largest absolute Gasteiger partial charge is 0.504 e. The number of aromatic hydroxyl groups is 1. The van der Waals surface area contributed by atoms with E-state index < -0.39 is 5.60 Å². The number of hydrogen-bond donors (Lipinski definition) is 1. The fourth-order valence-corrected chi connectivity index (χ4v) is 3.22. The van der Waals surface area contributed by atoms with E-state index in [2.05, 4.69) is 13.2 Å². The molecule has 27 heavy (non-hydrogen) atoms. The second kappa shape index (κ2) is 6.95. The Morgan fingerprint density at radius 3 is 2.41 bits per heavy atom. The maximum Gasteiger partial charge on any atom is 0.203 e. The third kappa shape index (κ3) is 3.35. The first kappa shape index (κ1) is 18.8. The van der Waals surface area contributed by atoms with Gasteiger partial charge in [-0.05, 0) is 61.6 Å². The lowest BCUT2D eigenvalue weighted by molar-refractivity contribution is 0.101. The van der Waals surface area contributed by atoms with Gasteiger partial charge < -0.3 is 14.6 Å². The number of benzene rings is 2. The van der Waals surface area contributed by atoms with Crippen LogP contribution in [0.2, 0.25) is 0 Å². The lowest BCUT2D eigenvalue weighted by Crippen LogP contribution is -2.19. The third-order valence-electron chi connectivity index (χ3n) is 5.04. The zero-order valence-corrected chi connectivity index (χ0v) is 16.0. The molecule has 3 rings (SSSR count). The van der Waals surface area contributed by atoms with Crippen LogP contribution in [0.15, 0.2) is 49.1 Å². The van der Waals surface area contributed by atoms with Crippen LogP contribution in [0.3, 0.4) is 0 Å². The Morgan fingerprint density at radius 2 is 1.89 bits per heavy atom. The molecule has 1 fully saturated rings. The fourth-order valence-electron chi connectivity index (χ4n) is 3.22. The number of rotatable bonds is 7. The molecule has 0 spiro atoms. The summed E-state index contributed by atoms with van der Waals surface area (Å²) in [5, 5.41) is 10.2. The SMILES string of the molecule is C=Cc1cc(-c2ccc(O)c(OC)c2OC2(C(=C)C)CC2)ccc1C(C)=O. The molecule has 0 unspecified atom stereocenters. The van der Waals surface area contributed by atoms with Crippen LogP contribution < -0.4 is 9.47 Å². The smallest absolute Gasteiger partial charge is 0.203 e. The number of Topliss-reactive ketones (excluding diaryl/α,β-unsaturated/α-hetero) is 1. The van der Waals surface area contributed by atoms with Crippen molar-refractivity contribution in [3.05, 3.63) is 60.2 Å². The number of carbonyl (C=O) groups is 1. The molecule has 0 bridgehead atoms. The Labute approximate surface area is 159 Å². The first-order chi connectivity index (χ1) is 12.8. The summed E-state index contributed by atoms with van der Waals surface area (Å²) in [5.41, 5.74) is 3.51. The summed E-state index contributed by atoms with van der Waals surface area (Å²) in [6.07, 6.45) is 3.41. The molecule has 0 saturated heterocycles. The summed E-state index contributed by atoms with van der Waals surface area (Å²) < 4.78 is 11.8. The zero-order chi connectivity index (χ0) is 19.8. The standard InChI is InChI=1S/C23H24O4/c1-6-16-13-17(7-8-18(16)15(4)24)19-9-10-20(25)22(26-5)21(19)27-23(11-12-23)14(2)3/h6-10,13,25H,1-2,11-12H2,3-5H3. The Kier molecular flexibility index (Phi) is 4.83. The Bertz CT molecular complexity index is 936. The lowest BCUT2D eigenvalue weighted by atomic mass is 9.96. The van der Waals surface area contributed by atoms with Gasteiger partial charge in [-0.1, -0.05) is 31.4 Å². The van der Waals surface area contributed by atoms with Crippen molar-refractivity contribution in [3.8, 4) is 28.4 Å². The van der Waals surface area contributed by atoms with Crippen molar-refractivity contribution in [2.24, 2.45) is 0 Å². The second-order valence-electron chi connectivity index (χ2n) is 6.93. The van der Waals surface area contributed by atoms with E-state index in [-0.39, 0.29) is 17.3 Å². The van der Waals surface area contributed by atoms with Gasteiger partial charge in [-0.2, -0.15) is 0 Å². The molecule has 0 amide bonds. The molecule has 0 aliphatic heterocycles. The van der Waals surface area contributed by atoms with Crippen LogP contribution in [-0.4, -0.2) is 23.6 Å². The van der Waals surface area contributed by atoms with Gasteiger partial charge in [0.2, 0.25) is 5.75 Å². The van der Waals surface area contributed by atoms with E-state index in [0.29, 0.717) is 11.3 Å². The Balaban J connectivity index is 2.17. The van der Waals surface area contributed by atoms with Crippen LogP contribution in [0.4, 0.5) is 0 Å². The molecule has 140 valence electrons. The molecule has 0 heterocycles. The van der Waals surface area contributed by atoms with Gasteiger partial charge in [0.25, 0.3) is 0 Å². The number of ether oxygens (including phenoxy) is 2. The van der Waals surface area contributed by atoms with Gasteiger partial charge in [-0.25, -0.2) is 0 Å². The Hall–Kier alpha value is -3.01. The van der Waals surface area contributed by atoms with E-state index in [0.717, 1.165) is 35.1 Å². The van der Waals surface area contributed by atoms with Crippen molar-refractivity contribution in [1.29, 1.82) is 0 Å². The minimum atomic E-state index is -0.420. The molecule has 2 aromatic carbocycles. The van der Waals surface area contributed by atoms with Crippen molar-refractivity contribution in [2.75, 3.05) is 7.11 Å². The van der Waals surface area contributed by atoms with E-state index in [4.69, 9.17) is 9.47 Å². The van der Waals surface area contributed by atoms with Crippen LogP contribution in [0, 0.1) is 0 Å². The molecule has 0 atom stereocenters. The van der Waals surface area contributed by atoms with Gasteiger partial charge in [0.15, 0.2) is 17.3 Å². The molecule has 1 aliphatic carbocycles. The summed E-state index contributed by atoms with van der Waals surface area (Å²) in [4.78, 5) is 11.8. The first-order valence-electron chi connectivity index (χ1n) is 8.85. The monoisotopic (exact) mass is 364 g/mol. The third-order valence-corrected chi connectivity index (χ3v) is 5.04. The number of phenols is 1. The molecule has 0 aromatic heterocycles. The van der Waals surface area contributed by atoms with E-state index in [1.807, 2.05) is 19.1 Å². The van der Waals surface area contributed by atoms with Crippen LogP contribution >= 0.6 is 0 Å². The lowest BCUT2D eigenvalue weighted by Gasteiger charge is -2.23. The minimum absolute atomic E-state index is 0.0121. The highest BCUT2D eigenvalue weighted by molar-refractivity contribution is 5.98. The number of carbonyl (C=O) groups excluding carboxylic acids is 1. The van der Waals surface area contributed by atoms with Gasteiger partial charge in [-0.15, -0.1) is 0 Å². The summed E-state index contributed by atoms with van der Waals surface area (Å²) in [6, 6.07) is 8.90. The summed E-state index contributed by atoms with van der Waals surface area (Å²) >= 11 is 0. The fraction of sp³-hybridized carbons (Fsp3) is 0.261. The van der Waals surface area contributed by atoms with Crippen LogP contribution in [0.5, 0.6) is 17.2 Å². The van der Waals surface area contributed by atoms with Crippen LogP contribution in [-0.2, 0) is 0 Å². The number of ketones is 1. The average molecular weight is 364 g/mol. The van der Waals surface area contributed by atoms with E-state index in [1.54, 1.807) is 24.3 Å². The van der Waals surface area contributed by atoms with E-state index in [1.165, 1.54) is 14.0 Å². The van der Waals surface area contributed by atoms with Gasteiger partial charge in [0.1, 0.15) is 5.60 Å². The maximum atomic E-state index is 11.8. The van der Waals surface area contributed by atoms with Gasteiger partial charge in [0, 0.05) is 11.1 Å². The normalized spacial score (nSPS) is 14.3. The minimum Gasteiger partial charge on any atom is -0.504 e. The van der Waals surface area contributed by atoms with E-state index >= 15 is 0 Å². The maximum absolute atomic E-state index is 11.8. The van der Waals surface area contributed by atoms with Crippen molar-refractivity contribution in [3.63, 3.8) is 0 Å². The van der Waals surface area contributed by atoms with Crippen molar-refractivity contribution in [1.82, 2.24) is 0 Å². The summed E-state index contributed by atoms with van der Waals surface area (Å²) in [5.74, 6) is 0.757. The predicted octanol–water partition coefficient (Wildman–Crippen LogP) is 5.40. The molecule has 1 saturated carbocycles. The number of phenolic OH excluding ortho intramolecular Hbond substituents is 1. The number of hydrogen-bond acceptors (Lipinski definition) is 4. The summed E-state index contributed by atoms with van der Waals surface area (Å²) in [7, 11) is 1.50. The molecule has 1 aliphatic rings.